The van der Waals surface area contributed by atoms with E-state index in [1.54, 1.807) is 19.1 Å². The maximum Gasteiger partial charge on any atom is 0.574 e. The third-order valence-corrected chi connectivity index (χ3v) is 4.27. The fraction of sp³-hybridized carbons (Fsp3) is 0.263. The number of nitrogens with zero attached hydrogens (tertiary/aromatic N) is 4. The predicted molar refractivity (Wildman–Crippen MR) is 104 cm³/mol. The lowest BCUT2D eigenvalue weighted by atomic mass is 10.1. The van der Waals surface area contributed by atoms with Crippen LogP contribution in [0.1, 0.15) is 17.1 Å². The molecule has 11 heteroatoms. The maximum absolute atomic E-state index is 12.1. The van der Waals surface area contributed by atoms with Gasteiger partial charge in [-0.15, -0.1) is 23.4 Å². The lowest BCUT2D eigenvalue weighted by Gasteiger charge is -2.10. The topological polar surface area (TPSA) is 82.1 Å². The van der Waals surface area contributed by atoms with Gasteiger partial charge in [-0.2, -0.15) is 0 Å². The lowest BCUT2D eigenvalue weighted by molar-refractivity contribution is -0.276. The van der Waals surface area contributed by atoms with Crippen molar-refractivity contribution in [1.82, 2.24) is 20.2 Å². The molecule has 158 valence electrons. The molecule has 0 aliphatic rings. The molecule has 3 aromatic rings. The third kappa shape index (κ3) is 6.18. The fourth-order valence-corrected chi connectivity index (χ4v) is 2.67. The van der Waals surface area contributed by atoms with E-state index in [-0.39, 0.29) is 5.88 Å². The summed E-state index contributed by atoms with van der Waals surface area (Å²) >= 11 is 6.21. The van der Waals surface area contributed by atoms with E-state index in [0.29, 0.717) is 41.1 Å². The van der Waals surface area contributed by atoms with E-state index in [1.165, 1.54) is 6.07 Å². The molecule has 0 fully saturated rings. The number of hydrogen-bond acceptors (Lipinski definition) is 7. The zero-order chi connectivity index (χ0) is 21.7. The zero-order valence-electron chi connectivity index (χ0n) is 16.0. The van der Waals surface area contributed by atoms with Gasteiger partial charge in [0.05, 0.1) is 5.69 Å². The van der Waals surface area contributed by atoms with Crippen molar-refractivity contribution in [2.45, 2.75) is 26.6 Å². The smallest absolute Gasteiger partial charge is 0.438 e. The summed E-state index contributed by atoms with van der Waals surface area (Å²) in [4.78, 5) is 8.49. The van der Waals surface area contributed by atoms with Crippen molar-refractivity contribution in [3.05, 3.63) is 58.5 Å². The Kier molecular flexibility index (Phi) is 6.56. The number of halogens is 4. The van der Waals surface area contributed by atoms with E-state index in [4.69, 9.17) is 16.3 Å². The van der Waals surface area contributed by atoms with E-state index in [9.17, 15) is 13.2 Å². The number of aryl methyl sites for hydroxylation is 2. The molecule has 0 atom stereocenters. The zero-order valence-corrected chi connectivity index (χ0v) is 16.8. The minimum Gasteiger partial charge on any atom is -0.438 e. The molecule has 1 aromatic carbocycles. The van der Waals surface area contributed by atoms with Crippen LogP contribution in [0.3, 0.4) is 0 Å². The monoisotopic (exact) mass is 439 g/mol. The van der Waals surface area contributed by atoms with Crippen LogP contribution in [0.15, 0.2) is 36.4 Å². The van der Waals surface area contributed by atoms with Crippen LogP contribution in [-0.4, -0.2) is 33.1 Å². The molecule has 0 unspecified atom stereocenters. The first-order valence-electron chi connectivity index (χ1n) is 8.80. The van der Waals surface area contributed by atoms with Crippen LogP contribution in [0.5, 0.6) is 17.5 Å². The first-order chi connectivity index (χ1) is 14.2. The van der Waals surface area contributed by atoms with Gasteiger partial charge in [-0.25, -0.2) is 9.97 Å². The standard InChI is InChI=1S/C19H17ClF3N5O2/c1-11-17(20)18(26-12(2)25-11)24-10-9-13-3-5-14(6-4-13)29-15-7-8-16(28-27-15)30-19(21,22)23/h3-8H,9-10H2,1-2H3,(H,24,25,26). The van der Waals surface area contributed by atoms with Crippen molar-refractivity contribution in [2.24, 2.45) is 0 Å². The van der Waals surface area contributed by atoms with Crippen LogP contribution in [0.25, 0.3) is 0 Å². The molecule has 3 rings (SSSR count). The van der Waals surface area contributed by atoms with Gasteiger partial charge in [-0.3, -0.25) is 0 Å². The van der Waals surface area contributed by atoms with E-state index >= 15 is 0 Å². The Balaban J connectivity index is 1.53. The summed E-state index contributed by atoms with van der Waals surface area (Å²) in [6.45, 7) is 4.23. The maximum atomic E-state index is 12.1. The van der Waals surface area contributed by atoms with Crippen molar-refractivity contribution in [1.29, 1.82) is 0 Å². The van der Waals surface area contributed by atoms with Crippen LogP contribution in [0, 0.1) is 13.8 Å². The highest BCUT2D eigenvalue weighted by Gasteiger charge is 2.31. The Morgan fingerprint density at radius 2 is 1.63 bits per heavy atom. The second-order valence-electron chi connectivity index (χ2n) is 6.20. The molecule has 0 amide bonds. The quantitative estimate of drug-likeness (QED) is 0.561. The summed E-state index contributed by atoms with van der Waals surface area (Å²) in [6.07, 6.45) is -4.11. The molecule has 30 heavy (non-hydrogen) atoms. The van der Waals surface area contributed by atoms with Crippen molar-refractivity contribution in [3.8, 4) is 17.5 Å². The minimum absolute atomic E-state index is 0.0445. The van der Waals surface area contributed by atoms with E-state index < -0.39 is 12.2 Å². The van der Waals surface area contributed by atoms with E-state index in [0.717, 1.165) is 11.6 Å². The third-order valence-electron chi connectivity index (χ3n) is 3.82. The Hall–Kier alpha value is -3.14. The van der Waals surface area contributed by atoms with Gasteiger partial charge in [0.1, 0.15) is 22.4 Å². The highest BCUT2D eigenvalue weighted by atomic mass is 35.5. The van der Waals surface area contributed by atoms with Gasteiger partial charge >= 0.3 is 6.36 Å². The predicted octanol–water partition coefficient (Wildman–Crippen LogP) is 4.88. The van der Waals surface area contributed by atoms with E-state index in [2.05, 4.69) is 30.2 Å². The molecule has 0 aliphatic heterocycles. The number of anilines is 1. The molecule has 2 heterocycles. The van der Waals surface area contributed by atoms with Gasteiger partial charge in [-0.1, -0.05) is 23.7 Å². The van der Waals surface area contributed by atoms with Gasteiger partial charge in [-0.05, 0) is 38.0 Å². The molecule has 7 nitrogen and oxygen atoms in total. The summed E-state index contributed by atoms with van der Waals surface area (Å²) in [7, 11) is 0. The molecule has 0 spiro atoms. The highest BCUT2D eigenvalue weighted by molar-refractivity contribution is 6.33. The van der Waals surface area contributed by atoms with E-state index in [1.807, 2.05) is 19.1 Å². The number of aromatic nitrogens is 4. The molecule has 0 radical (unpaired) electrons. The first-order valence-corrected chi connectivity index (χ1v) is 9.18. The average Bonchev–Trinajstić information content (AvgIpc) is 2.67. The van der Waals surface area contributed by atoms with Crippen LogP contribution in [0.4, 0.5) is 19.0 Å². The number of ether oxygens (including phenoxy) is 2. The SMILES string of the molecule is Cc1nc(C)c(Cl)c(NCCc2ccc(Oc3ccc(OC(F)(F)F)nn3)cc2)n1. The summed E-state index contributed by atoms with van der Waals surface area (Å²) < 4.78 is 45.5. The van der Waals surface area contributed by atoms with Crippen LogP contribution >= 0.6 is 11.6 Å². The van der Waals surface area contributed by atoms with Crippen molar-refractivity contribution in [2.75, 3.05) is 11.9 Å². The summed E-state index contributed by atoms with van der Waals surface area (Å²) in [5.41, 5.74) is 1.75. The Morgan fingerprint density at radius 1 is 0.967 bits per heavy atom. The molecule has 0 saturated heterocycles. The molecular weight excluding hydrogens is 423 g/mol. The molecule has 0 bridgehead atoms. The lowest BCUT2D eigenvalue weighted by Crippen LogP contribution is -2.18. The number of hydrogen-bond donors (Lipinski definition) is 1. The fourth-order valence-electron chi connectivity index (χ4n) is 2.52. The van der Waals surface area contributed by atoms with Gasteiger partial charge in [0.25, 0.3) is 0 Å². The second-order valence-corrected chi connectivity index (χ2v) is 6.58. The summed E-state index contributed by atoms with van der Waals surface area (Å²) in [6, 6.07) is 9.44. The number of alkyl halides is 3. The molecular formula is C19H17ClF3N5O2. The number of nitrogens with one attached hydrogen (secondary N) is 1. The van der Waals surface area contributed by atoms with Gasteiger partial charge in [0.15, 0.2) is 0 Å². The van der Waals surface area contributed by atoms with Crippen molar-refractivity contribution < 1.29 is 22.6 Å². The van der Waals surface area contributed by atoms with Crippen molar-refractivity contribution >= 4 is 17.4 Å². The average molecular weight is 440 g/mol. The van der Waals surface area contributed by atoms with Crippen LogP contribution in [0.2, 0.25) is 5.02 Å². The summed E-state index contributed by atoms with van der Waals surface area (Å²) in [5.74, 6) is 1.09. The largest absolute Gasteiger partial charge is 0.574 e. The van der Waals surface area contributed by atoms with Crippen LogP contribution in [-0.2, 0) is 6.42 Å². The van der Waals surface area contributed by atoms with Gasteiger partial charge in [0, 0.05) is 18.7 Å². The number of rotatable bonds is 7. The first kappa shape index (κ1) is 21.6. The highest BCUT2D eigenvalue weighted by Crippen LogP contribution is 2.24. The molecule has 2 aromatic heterocycles. The minimum atomic E-state index is -4.82. The normalized spacial score (nSPS) is 11.3. The number of benzene rings is 1. The van der Waals surface area contributed by atoms with Crippen molar-refractivity contribution in [3.63, 3.8) is 0 Å². The Labute approximate surface area is 175 Å². The Morgan fingerprint density at radius 3 is 2.27 bits per heavy atom. The molecule has 1 N–H and O–H groups in total. The van der Waals surface area contributed by atoms with Gasteiger partial charge in [0.2, 0.25) is 11.8 Å². The Bertz CT molecular complexity index is 999. The second kappa shape index (κ2) is 9.12. The molecule has 0 saturated carbocycles. The molecule has 0 aliphatic carbocycles. The summed E-state index contributed by atoms with van der Waals surface area (Å²) in [5, 5.41) is 10.6. The van der Waals surface area contributed by atoms with Gasteiger partial charge < -0.3 is 14.8 Å². The van der Waals surface area contributed by atoms with Crippen LogP contribution < -0.4 is 14.8 Å².